The number of anilines is 1. The van der Waals surface area contributed by atoms with Crippen molar-refractivity contribution >= 4 is 34.7 Å². The summed E-state index contributed by atoms with van der Waals surface area (Å²) < 4.78 is 5.49. The van der Waals surface area contributed by atoms with Crippen molar-refractivity contribution in [1.82, 2.24) is 4.98 Å². The molecule has 2 aromatic heterocycles. The highest BCUT2D eigenvalue weighted by Gasteiger charge is 2.16. The number of nitrogens with zero attached hydrogens (tertiary/aromatic N) is 1. The first-order valence-electron chi connectivity index (χ1n) is 9.73. The minimum absolute atomic E-state index is 0.0817. The largest absolute Gasteiger partial charge is 0.444 e. The molecule has 1 fully saturated rings. The third kappa shape index (κ3) is 4.86. The molecule has 0 spiro atoms. The van der Waals surface area contributed by atoms with E-state index in [1.54, 1.807) is 17.6 Å². The fourth-order valence-electron chi connectivity index (χ4n) is 3.49. The van der Waals surface area contributed by atoms with Crippen molar-refractivity contribution in [2.45, 2.75) is 55.6 Å². The average molecular weight is 413 g/mol. The molecule has 3 aromatic rings. The Morgan fingerprint density at radius 2 is 2.14 bits per heavy atom. The lowest BCUT2D eigenvalue weighted by molar-refractivity contribution is -0.115. The summed E-state index contributed by atoms with van der Waals surface area (Å²) in [5.74, 6) is 0.486. The van der Waals surface area contributed by atoms with Gasteiger partial charge in [0.25, 0.3) is 0 Å². The van der Waals surface area contributed by atoms with E-state index < -0.39 is 0 Å². The van der Waals surface area contributed by atoms with E-state index in [1.165, 1.54) is 37.0 Å². The van der Waals surface area contributed by atoms with Crippen molar-refractivity contribution in [3.63, 3.8) is 0 Å². The Labute approximate surface area is 173 Å². The van der Waals surface area contributed by atoms with Gasteiger partial charge in [-0.05, 0) is 55.0 Å². The number of amides is 1. The molecule has 1 saturated carbocycles. The number of hydrogen-bond acceptors (Lipinski definition) is 5. The molecule has 4 nitrogen and oxygen atoms in total. The minimum Gasteiger partial charge on any atom is -0.444 e. The average Bonchev–Trinajstić information content (AvgIpc) is 3.36. The summed E-state index contributed by atoms with van der Waals surface area (Å²) in [6.45, 7) is 2.05. The molecule has 0 bridgehead atoms. The van der Waals surface area contributed by atoms with Gasteiger partial charge in [0, 0.05) is 15.8 Å². The molecule has 1 aliphatic carbocycles. The van der Waals surface area contributed by atoms with Crippen LogP contribution in [0.4, 0.5) is 5.69 Å². The number of carbonyl (C=O) groups is 1. The van der Waals surface area contributed by atoms with Gasteiger partial charge in [-0.25, -0.2) is 4.98 Å². The van der Waals surface area contributed by atoms with Gasteiger partial charge in [0.1, 0.15) is 6.26 Å². The molecule has 1 aromatic carbocycles. The number of carbonyl (C=O) groups excluding carboxylic acids is 1. The maximum absolute atomic E-state index is 12.4. The molecule has 0 atom stereocenters. The monoisotopic (exact) mass is 412 g/mol. The maximum atomic E-state index is 12.4. The number of hydrogen-bond donors (Lipinski definition) is 1. The number of nitrogens with one attached hydrogen (secondary N) is 1. The van der Waals surface area contributed by atoms with Crippen molar-refractivity contribution in [3.8, 4) is 10.8 Å². The van der Waals surface area contributed by atoms with Crippen LogP contribution < -0.4 is 5.32 Å². The van der Waals surface area contributed by atoms with Crippen LogP contribution in [0.1, 0.15) is 43.4 Å². The molecule has 1 aliphatic rings. The zero-order valence-electron chi connectivity index (χ0n) is 15.9. The molecule has 4 rings (SSSR count). The van der Waals surface area contributed by atoms with Crippen LogP contribution in [0.2, 0.25) is 0 Å². The Morgan fingerprint density at radius 1 is 1.29 bits per heavy atom. The van der Waals surface area contributed by atoms with Gasteiger partial charge in [0.2, 0.25) is 11.8 Å². The van der Waals surface area contributed by atoms with Crippen molar-refractivity contribution in [1.29, 1.82) is 0 Å². The molecule has 2 heterocycles. The standard InChI is InChI=1S/C22H24N2O2S2/c1-15-12-18(28-17-6-3-2-4-7-17)9-10-19(15)24-21(25)13-16-14-26-22(23-16)20-8-5-11-27-20/h5,8-12,14,17H,2-4,6-7,13H2,1H3,(H,24,25). The number of rotatable bonds is 6. The molecule has 28 heavy (non-hydrogen) atoms. The predicted molar refractivity (Wildman–Crippen MR) is 116 cm³/mol. The van der Waals surface area contributed by atoms with E-state index in [9.17, 15) is 4.79 Å². The number of thioether (sulfide) groups is 1. The molecular weight excluding hydrogens is 388 g/mol. The van der Waals surface area contributed by atoms with Crippen LogP contribution in [0, 0.1) is 6.92 Å². The lowest BCUT2D eigenvalue weighted by Crippen LogP contribution is -2.15. The molecule has 146 valence electrons. The number of thiophene rings is 1. The zero-order valence-corrected chi connectivity index (χ0v) is 17.6. The first-order valence-corrected chi connectivity index (χ1v) is 11.5. The molecule has 6 heteroatoms. The van der Waals surface area contributed by atoms with Crippen molar-refractivity contribution in [3.05, 3.63) is 53.2 Å². The van der Waals surface area contributed by atoms with E-state index in [0.717, 1.165) is 21.4 Å². The van der Waals surface area contributed by atoms with Crippen LogP contribution in [-0.4, -0.2) is 16.1 Å². The number of aromatic nitrogens is 1. The summed E-state index contributed by atoms with van der Waals surface area (Å²) in [6, 6.07) is 10.2. The molecule has 1 N–H and O–H groups in total. The van der Waals surface area contributed by atoms with Gasteiger partial charge in [0.15, 0.2) is 0 Å². The van der Waals surface area contributed by atoms with Crippen LogP contribution in [-0.2, 0) is 11.2 Å². The Hall–Kier alpha value is -2.05. The summed E-state index contributed by atoms with van der Waals surface area (Å²) in [7, 11) is 0. The van der Waals surface area contributed by atoms with Crippen LogP contribution in [0.15, 0.2) is 51.3 Å². The van der Waals surface area contributed by atoms with Gasteiger partial charge in [-0.1, -0.05) is 25.3 Å². The smallest absolute Gasteiger partial charge is 0.236 e. The van der Waals surface area contributed by atoms with E-state index >= 15 is 0 Å². The van der Waals surface area contributed by atoms with Crippen molar-refractivity contribution in [2.24, 2.45) is 0 Å². The summed E-state index contributed by atoms with van der Waals surface area (Å²) in [6.07, 6.45) is 8.46. The Bertz CT molecular complexity index is 928. The lowest BCUT2D eigenvalue weighted by Gasteiger charge is -2.21. The summed E-state index contributed by atoms with van der Waals surface area (Å²) in [5, 5.41) is 5.72. The molecule has 0 radical (unpaired) electrons. The van der Waals surface area contributed by atoms with E-state index in [-0.39, 0.29) is 12.3 Å². The number of aryl methyl sites for hydroxylation is 1. The van der Waals surface area contributed by atoms with Crippen LogP contribution in [0.3, 0.4) is 0 Å². The second kappa shape index (κ2) is 8.97. The normalized spacial score (nSPS) is 14.9. The van der Waals surface area contributed by atoms with E-state index in [0.29, 0.717) is 11.6 Å². The number of oxazole rings is 1. The zero-order chi connectivity index (χ0) is 19.3. The first kappa shape index (κ1) is 19.3. The highest BCUT2D eigenvalue weighted by molar-refractivity contribution is 8.00. The molecule has 1 amide bonds. The molecular formula is C22H24N2O2S2. The Kier molecular flexibility index (Phi) is 6.17. The molecule has 0 aliphatic heterocycles. The maximum Gasteiger partial charge on any atom is 0.236 e. The van der Waals surface area contributed by atoms with Crippen LogP contribution >= 0.6 is 23.1 Å². The Morgan fingerprint density at radius 3 is 2.89 bits per heavy atom. The second-order valence-corrected chi connectivity index (χ2v) is 9.52. The van der Waals surface area contributed by atoms with Gasteiger partial charge < -0.3 is 9.73 Å². The second-order valence-electron chi connectivity index (χ2n) is 7.20. The molecule has 0 unspecified atom stereocenters. The highest BCUT2D eigenvalue weighted by atomic mass is 32.2. The lowest BCUT2D eigenvalue weighted by atomic mass is 10.0. The van der Waals surface area contributed by atoms with Gasteiger partial charge in [-0.3, -0.25) is 4.79 Å². The van der Waals surface area contributed by atoms with Crippen LogP contribution in [0.5, 0.6) is 0 Å². The summed E-state index contributed by atoms with van der Waals surface area (Å²) in [5.41, 5.74) is 2.59. The predicted octanol–water partition coefficient (Wildman–Crippen LogP) is 6.32. The van der Waals surface area contributed by atoms with Gasteiger partial charge in [-0.2, -0.15) is 0 Å². The van der Waals surface area contributed by atoms with E-state index in [1.807, 2.05) is 42.3 Å². The first-order chi connectivity index (χ1) is 13.7. The van der Waals surface area contributed by atoms with E-state index in [2.05, 4.69) is 22.4 Å². The fraction of sp³-hybridized carbons (Fsp3) is 0.364. The van der Waals surface area contributed by atoms with Gasteiger partial charge in [-0.15, -0.1) is 23.1 Å². The topological polar surface area (TPSA) is 55.1 Å². The Balaban J connectivity index is 1.35. The minimum atomic E-state index is -0.0817. The highest BCUT2D eigenvalue weighted by Crippen LogP contribution is 2.35. The SMILES string of the molecule is Cc1cc(SC2CCCCC2)ccc1NC(=O)Cc1coc(-c2cccs2)n1. The van der Waals surface area contributed by atoms with Gasteiger partial charge >= 0.3 is 0 Å². The van der Waals surface area contributed by atoms with E-state index in [4.69, 9.17) is 4.42 Å². The summed E-state index contributed by atoms with van der Waals surface area (Å²) in [4.78, 5) is 19.1. The fourth-order valence-corrected chi connectivity index (χ4v) is 5.49. The van der Waals surface area contributed by atoms with Crippen molar-refractivity contribution < 1.29 is 9.21 Å². The van der Waals surface area contributed by atoms with Crippen molar-refractivity contribution in [2.75, 3.05) is 5.32 Å². The number of benzene rings is 1. The summed E-state index contributed by atoms with van der Waals surface area (Å²) >= 11 is 3.54. The third-order valence-electron chi connectivity index (χ3n) is 4.95. The quantitative estimate of drug-likeness (QED) is 0.515. The van der Waals surface area contributed by atoms with Gasteiger partial charge in [0.05, 0.1) is 17.0 Å². The molecule has 0 saturated heterocycles. The third-order valence-corrected chi connectivity index (χ3v) is 7.14. The van der Waals surface area contributed by atoms with Crippen LogP contribution in [0.25, 0.3) is 10.8 Å².